The normalized spacial score (nSPS) is 19.9. The first-order valence-corrected chi connectivity index (χ1v) is 14.5. The van der Waals surface area contributed by atoms with E-state index in [0.717, 1.165) is 52.5 Å². The van der Waals surface area contributed by atoms with Crippen molar-refractivity contribution in [2.75, 3.05) is 22.9 Å². The van der Waals surface area contributed by atoms with Crippen LogP contribution in [-0.2, 0) is 0 Å². The Morgan fingerprint density at radius 1 is 0.923 bits per heavy atom. The van der Waals surface area contributed by atoms with Crippen LogP contribution < -0.4 is 15.1 Å². The predicted molar refractivity (Wildman–Crippen MR) is 165 cm³/mol. The van der Waals surface area contributed by atoms with Gasteiger partial charge in [0.25, 0.3) is 0 Å². The third kappa shape index (κ3) is 4.92. The molecule has 2 fully saturated rings. The zero-order valence-electron chi connectivity index (χ0n) is 22.6. The Hall–Kier alpha value is -3.35. The molecule has 0 aliphatic carbocycles. The van der Waals surface area contributed by atoms with Crippen molar-refractivity contribution in [3.63, 3.8) is 0 Å². The number of benzene rings is 2. The van der Waals surface area contributed by atoms with Gasteiger partial charge in [-0.15, -0.1) is 0 Å². The van der Waals surface area contributed by atoms with E-state index in [4.69, 9.17) is 28.8 Å². The standard InChI is InChI=1S/C32H34ClN5S/c1-21-13-17-36(18-14-21)28-12-11-25(20-26(28)33)38-31(30(35-32(38)39)27-7-4-5-15-34-27)29-8-6-16-37(29)24-10-9-22(2)23(3)19-24/h4-12,15-16,19-21,30-31H,13-14,17-18H2,1-3H3,(H,35,39)/t30-,31-/m1/s1. The molecule has 0 radical (unpaired) electrons. The summed E-state index contributed by atoms with van der Waals surface area (Å²) in [5, 5.41) is 5.01. The highest BCUT2D eigenvalue weighted by Gasteiger charge is 2.42. The fraction of sp³-hybridized carbons (Fsp3) is 0.312. The van der Waals surface area contributed by atoms with Crippen molar-refractivity contribution < 1.29 is 0 Å². The topological polar surface area (TPSA) is 36.3 Å². The second-order valence-electron chi connectivity index (χ2n) is 10.9. The van der Waals surface area contributed by atoms with Crippen LogP contribution in [0.3, 0.4) is 0 Å². The summed E-state index contributed by atoms with van der Waals surface area (Å²) in [6.07, 6.45) is 6.36. The molecule has 0 bridgehead atoms. The SMILES string of the molecule is Cc1ccc(-n2cccc2[C@@H]2[C@@H](c3ccccn3)NC(=S)N2c2ccc(N3CCC(C)CC3)c(Cl)c2)cc1C. The number of aromatic nitrogens is 2. The lowest BCUT2D eigenvalue weighted by Crippen LogP contribution is -2.33. The van der Waals surface area contributed by atoms with E-state index in [1.165, 1.54) is 24.0 Å². The molecule has 2 aromatic heterocycles. The average Bonchev–Trinajstić information content (AvgIpc) is 3.55. The third-order valence-electron chi connectivity index (χ3n) is 8.28. The third-order valence-corrected chi connectivity index (χ3v) is 8.90. The number of rotatable bonds is 5. The Morgan fingerprint density at radius 3 is 2.44 bits per heavy atom. The van der Waals surface area contributed by atoms with Gasteiger partial charge < -0.3 is 19.7 Å². The molecule has 0 unspecified atom stereocenters. The van der Waals surface area contributed by atoms with Crippen LogP contribution in [0.2, 0.25) is 5.02 Å². The van der Waals surface area contributed by atoms with E-state index in [9.17, 15) is 0 Å². The van der Waals surface area contributed by atoms with Crippen molar-refractivity contribution in [3.05, 3.63) is 107 Å². The fourth-order valence-corrected chi connectivity index (χ4v) is 6.47. The molecule has 2 aliphatic heterocycles. The van der Waals surface area contributed by atoms with Gasteiger partial charge in [-0.25, -0.2) is 0 Å². The first-order valence-electron chi connectivity index (χ1n) is 13.7. The minimum Gasteiger partial charge on any atom is -0.370 e. The van der Waals surface area contributed by atoms with Crippen LogP contribution in [0.5, 0.6) is 0 Å². The van der Waals surface area contributed by atoms with Crippen molar-refractivity contribution in [2.24, 2.45) is 5.92 Å². The number of thiocarbonyl (C=S) groups is 1. The van der Waals surface area contributed by atoms with Gasteiger partial charge in [0.15, 0.2) is 5.11 Å². The first-order chi connectivity index (χ1) is 18.9. The van der Waals surface area contributed by atoms with E-state index in [1.807, 2.05) is 18.3 Å². The lowest BCUT2D eigenvalue weighted by molar-refractivity contribution is 0.438. The number of halogens is 1. The number of nitrogens with zero attached hydrogens (tertiary/aromatic N) is 4. The van der Waals surface area contributed by atoms with Crippen LogP contribution in [0.25, 0.3) is 5.69 Å². The number of hydrogen-bond acceptors (Lipinski definition) is 3. The van der Waals surface area contributed by atoms with Gasteiger partial charge in [0, 0.05) is 42.6 Å². The van der Waals surface area contributed by atoms with Crippen molar-refractivity contribution in [1.29, 1.82) is 0 Å². The van der Waals surface area contributed by atoms with Gasteiger partial charge in [0.1, 0.15) is 6.04 Å². The molecule has 4 heterocycles. The molecule has 5 nitrogen and oxygen atoms in total. The molecule has 2 saturated heterocycles. The molecular formula is C32H34ClN5S. The van der Waals surface area contributed by atoms with Crippen molar-refractivity contribution in [1.82, 2.24) is 14.9 Å². The van der Waals surface area contributed by atoms with Crippen molar-refractivity contribution in [2.45, 2.75) is 45.7 Å². The van der Waals surface area contributed by atoms with E-state index in [-0.39, 0.29) is 12.1 Å². The average molecular weight is 556 g/mol. The second kappa shape index (κ2) is 10.7. The van der Waals surface area contributed by atoms with Crippen LogP contribution in [0.4, 0.5) is 11.4 Å². The quantitative estimate of drug-likeness (QED) is 0.257. The molecule has 6 rings (SSSR count). The number of piperidine rings is 1. The predicted octanol–water partition coefficient (Wildman–Crippen LogP) is 7.56. The zero-order valence-corrected chi connectivity index (χ0v) is 24.2. The molecule has 39 heavy (non-hydrogen) atoms. The summed E-state index contributed by atoms with van der Waals surface area (Å²) in [5.41, 5.74) is 7.83. The maximum absolute atomic E-state index is 6.96. The Kier molecular flexibility index (Phi) is 7.08. The molecule has 0 saturated carbocycles. The van der Waals surface area contributed by atoms with Gasteiger partial charge in [-0.2, -0.15) is 0 Å². The van der Waals surface area contributed by atoms with E-state index in [0.29, 0.717) is 5.11 Å². The Bertz CT molecular complexity index is 1490. The van der Waals surface area contributed by atoms with E-state index >= 15 is 0 Å². The number of hydrogen-bond donors (Lipinski definition) is 1. The summed E-state index contributed by atoms with van der Waals surface area (Å²) < 4.78 is 2.26. The summed E-state index contributed by atoms with van der Waals surface area (Å²) in [4.78, 5) is 9.33. The summed E-state index contributed by atoms with van der Waals surface area (Å²) >= 11 is 12.9. The molecule has 0 spiro atoms. The van der Waals surface area contributed by atoms with E-state index in [1.54, 1.807) is 0 Å². The number of nitrogens with one attached hydrogen (secondary N) is 1. The van der Waals surface area contributed by atoms with Crippen LogP contribution >= 0.6 is 23.8 Å². The van der Waals surface area contributed by atoms with Gasteiger partial charge in [0.05, 0.1) is 22.4 Å². The highest BCUT2D eigenvalue weighted by molar-refractivity contribution is 7.80. The monoisotopic (exact) mass is 555 g/mol. The maximum Gasteiger partial charge on any atom is 0.174 e. The van der Waals surface area contributed by atoms with Crippen LogP contribution in [0.15, 0.2) is 79.1 Å². The molecule has 200 valence electrons. The zero-order chi connectivity index (χ0) is 27.1. The molecule has 0 amide bonds. The van der Waals surface area contributed by atoms with Gasteiger partial charge >= 0.3 is 0 Å². The summed E-state index contributed by atoms with van der Waals surface area (Å²) in [6.45, 7) is 8.71. The highest BCUT2D eigenvalue weighted by Crippen LogP contribution is 2.44. The lowest BCUT2D eigenvalue weighted by atomic mass is 9.98. The van der Waals surface area contributed by atoms with Gasteiger partial charge in [-0.05, 0) is 111 Å². The molecule has 2 atom stereocenters. The van der Waals surface area contributed by atoms with Crippen molar-refractivity contribution >= 4 is 40.3 Å². The maximum atomic E-state index is 6.96. The number of anilines is 2. The van der Waals surface area contributed by atoms with Crippen LogP contribution in [0.1, 0.15) is 54.4 Å². The van der Waals surface area contributed by atoms with Crippen LogP contribution in [0, 0.1) is 19.8 Å². The van der Waals surface area contributed by atoms with Gasteiger partial charge in [-0.3, -0.25) is 4.98 Å². The summed E-state index contributed by atoms with van der Waals surface area (Å²) in [7, 11) is 0. The lowest BCUT2D eigenvalue weighted by Gasteiger charge is -2.33. The number of pyridine rings is 1. The van der Waals surface area contributed by atoms with Crippen LogP contribution in [-0.4, -0.2) is 27.8 Å². The number of aryl methyl sites for hydroxylation is 2. The molecule has 2 aliphatic rings. The summed E-state index contributed by atoms with van der Waals surface area (Å²) in [5.74, 6) is 0.769. The molecule has 7 heteroatoms. The van der Waals surface area contributed by atoms with Crippen molar-refractivity contribution in [3.8, 4) is 5.69 Å². The Balaban J connectivity index is 1.43. The molecule has 4 aromatic rings. The van der Waals surface area contributed by atoms with Gasteiger partial charge in [-0.1, -0.05) is 30.7 Å². The van der Waals surface area contributed by atoms with E-state index < -0.39 is 0 Å². The minimum atomic E-state index is -0.124. The Morgan fingerprint density at radius 2 is 1.72 bits per heavy atom. The smallest absolute Gasteiger partial charge is 0.174 e. The minimum absolute atomic E-state index is 0.123. The first kappa shape index (κ1) is 25.9. The van der Waals surface area contributed by atoms with Gasteiger partial charge in [0.2, 0.25) is 0 Å². The fourth-order valence-electron chi connectivity index (χ4n) is 5.83. The molecule has 1 N–H and O–H groups in total. The van der Waals surface area contributed by atoms with E-state index in [2.05, 4.69) is 101 Å². The summed E-state index contributed by atoms with van der Waals surface area (Å²) in [6, 6.07) is 23.1. The molecule has 2 aromatic carbocycles. The highest BCUT2D eigenvalue weighted by atomic mass is 35.5. The Labute approximate surface area is 241 Å². The molecular weight excluding hydrogens is 522 g/mol. The second-order valence-corrected chi connectivity index (χ2v) is 11.7. The largest absolute Gasteiger partial charge is 0.370 e.